The molecule has 1 heterocycles. The van der Waals surface area contributed by atoms with Crippen molar-refractivity contribution in [1.29, 1.82) is 0 Å². The second-order valence-electron chi connectivity index (χ2n) is 3.17. The molecular formula is C9H11F2NO3. The van der Waals surface area contributed by atoms with E-state index in [-0.39, 0.29) is 12.3 Å². The summed E-state index contributed by atoms with van der Waals surface area (Å²) < 4.78 is 28.7. The molecule has 0 saturated carbocycles. The molecule has 1 rings (SSSR count). The van der Waals surface area contributed by atoms with E-state index in [4.69, 9.17) is 9.52 Å². The van der Waals surface area contributed by atoms with Gasteiger partial charge >= 0.3 is 5.97 Å². The van der Waals surface area contributed by atoms with Crippen molar-refractivity contribution in [2.45, 2.75) is 13.0 Å². The molecule has 1 aromatic rings. The lowest BCUT2D eigenvalue weighted by Gasteiger charge is -2.14. The molecule has 0 unspecified atom stereocenters. The van der Waals surface area contributed by atoms with Crippen molar-refractivity contribution in [3.8, 4) is 0 Å². The predicted octanol–water partition coefficient (Wildman–Crippen LogP) is 1.67. The van der Waals surface area contributed by atoms with Crippen LogP contribution in [-0.4, -0.2) is 36.0 Å². The topological polar surface area (TPSA) is 53.7 Å². The van der Waals surface area contributed by atoms with E-state index in [0.29, 0.717) is 5.56 Å². The van der Waals surface area contributed by atoms with E-state index >= 15 is 0 Å². The zero-order chi connectivity index (χ0) is 11.4. The summed E-state index contributed by atoms with van der Waals surface area (Å²) in [5, 5.41) is 8.69. The number of hydrogen-bond acceptors (Lipinski definition) is 3. The van der Waals surface area contributed by atoms with Gasteiger partial charge in [0.25, 0.3) is 6.43 Å². The maximum atomic E-state index is 12.0. The fourth-order valence-electron chi connectivity index (χ4n) is 1.24. The van der Waals surface area contributed by atoms with Crippen LogP contribution in [0.25, 0.3) is 0 Å². The molecule has 0 saturated heterocycles. The number of carboxylic acid groups (broad SMARTS) is 1. The minimum absolute atomic E-state index is 0.127. The first-order valence-corrected chi connectivity index (χ1v) is 4.27. The van der Waals surface area contributed by atoms with Gasteiger partial charge in [-0.1, -0.05) is 0 Å². The van der Waals surface area contributed by atoms with Gasteiger partial charge in [-0.05, 0) is 13.1 Å². The largest absolute Gasteiger partial charge is 0.475 e. The Bertz CT molecular complexity index is 338. The molecule has 0 aliphatic carbocycles. The average Bonchev–Trinajstić information content (AvgIpc) is 2.50. The number of alkyl halides is 2. The van der Waals surface area contributed by atoms with E-state index in [2.05, 4.69) is 0 Å². The van der Waals surface area contributed by atoms with Crippen LogP contribution in [0.2, 0.25) is 0 Å². The first-order valence-electron chi connectivity index (χ1n) is 4.27. The second kappa shape index (κ2) is 4.88. The van der Waals surface area contributed by atoms with Gasteiger partial charge < -0.3 is 9.52 Å². The van der Waals surface area contributed by atoms with E-state index < -0.39 is 18.9 Å². The highest BCUT2D eigenvalue weighted by Crippen LogP contribution is 2.13. The summed E-state index contributed by atoms with van der Waals surface area (Å²) in [5.41, 5.74) is 0.394. The minimum Gasteiger partial charge on any atom is -0.475 e. The van der Waals surface area contributed by atoms with E-state index in [1.165, 1.54) is 24.3 Å². The monoisotopic (exact) mass is 219 g/mol. The van der Waals surface area contributed by atoms with Crippen molar-refractivity contribution in [3.63, 3.8) is 0 Å². The fourth-order valence-corrected chi connectivity index (χ4v) is 1.24. The number of nitrogens with zero attached hydrogens (tertiary/aromatic N) is 1. The predicted molar refractivity (Wildman–Crippen MR) is 48.0 cm³/mol. The Labute approximate surface area is 85.1 Å². The quantitative estimate of drug-likeness (QED) is 0.818. The van der Waals surface area contributed by atoms with Crippen molar-refractivity contribution in [2.75, 3.05) is 13.6 Å². The van der Waals surface area contributed by atoms with Crippen molar-refractivity contribution < 1.29 is 23.1 Å². The second-order valence-corrected chi connectivity index (χ2v) is 3.17. The third kappa shape index (κ3) is 3.32. The number of aromatic carboxylic acids is 1. The SMILES string of the molecule is CN(Cc1ccoc1C(=O)O)CC(F)F. The van der Waals surface area contributed by atoms with Crippen molar-refractivity contribution in [3.05, 3.63) is 23.7 Å². The Morgan fingerprint density at radius 3 is 2.87 bits per heavy atom. The Balaban J connectivity index is 2.64. The molecule has 6 heteroatoms. The van der Waals surface area contributed by atoms with Crippen LogP contribution in [0.5, 0.6) is 0 Å². The van der Waals surface area contributed by atoms with Crippen LogP contribution in [0.15, 0.2) is 16.7 Å². The molecule has 15 heavy (non-hydrogen) atoms. The number of rotatable bonds is 5. The zero-order valence-electron chi connectivity index (χ0n) is 8.11. The lowest BCUT2D eigenvalue weighted by Crippen LogP contribution is -2.24. The molecule has 0 atom stereocenters. The minimum atomic E-state index is -2.44. The van der Waals surface area contributed by atoms with Crippen molar-refractivity contribution >= 4 is 5.97 Å². The van der Waals surface area contributed by atoms with Crippen LogP contribution in [-0.2, 0) is 6.54 Å². The van der Waals surface area contributed by atoms with E-state index in [1.807, 2.05) is 0 Å². The molecular weight excluding hydrogens is 208 g/mol. The molecule has 0 aliphatic heterocycles. The summed E-state index contributed by atoms with van der Waals surface area (Å²) in [7, 11) is 1.49. The highest BCUT2D eigenvalue weighted by atomic mass is 19.3. The molecule has 1 aromatic heterocycles. The molecule has 0 aliphatic rings. The lowest BCUT2D eigenvalue weighted by molar-refractivity contribution is 0.0658. The van der Waals surface area contributed by atoms with Crippen molar-refractivity contribution in [1.82, 2.24) is 4.90 Å². The van der Waals surface area contributed by atoms with Crippen LogP contribution < -0.4 is 0 Å². The Kier molecular flexibility index (Phi) is 3.79. The van der Waals surface area contributed by atoms with Gasteiger partial charge in [-0.2, -0.15) is 0 Å². The van der Waals surface area contributed by atoms with Gasteiger partial charge in [-0.25, -0.2) is 13.6 Å². The summed E-state index contributed by atoms with van der Waals surface area (Å²) >= 11 is 0. The van der Waals surface area contributed by atoms with Crippen LogP contribution in [0.1, 0.15) is 16.1 Å². The van der Waals surface area contributed by atoms with Gasteiger partial charge in [-0.3, -0.25) is 4.90 Å². The highest BCUT2D eigenvalue weighted by Gasteiger charge is 2.16. The molecule has 0 aromatic carbocycles. The first kappa shape index (κ1) is 11.6. The third-order valence-electron chi connectivity index (χ3n) is 1.83. The smallest absolute Gasteiger partial charge is 0.372 e. The van der Waals surface area contributed by atoms with Crippen molar-refractivity contribution in [2.24, 2.45) is 0 Å². The molecule has 0 radical (unpaired) electrons. The Hall–Kier alpha value is -1.43. The van der Waals surface area contributed by atoms with E-state index in [9.17, 15) is 13.6 Å². The normalized spacial score (nSPS) is 11.3. The molecule has 0 spiro atoms. The number of halogens is 2. The number of carbonyl (C=O) groups is 1. The van der Waals surface area contributed by atoms with Crippen LogP contribution in [0.3, 0.4) is 0 Å². The summed E-state index contributed by atoms with van der Waals surface area (Å²) in [6, 6.07) is 1.46. The zero-order valence-corrected chi connectivity index (χ0v) is 8.11. The van der Waals surface area contributed by atoms with Gasteiger partial charge in [0.05, 0.1) is 12.8 Å². The summed E-state index contributed by atoms with van der Waals surface area (Å²) in [4.78, 5) is 12.0. The Morgan fingerprint density at radius 2 is 2.33 bits per heavy atom. The van der Waals surface area contributed by atoms with E-state index in [1.54, 1.807) is 0 Å². The Morgan fingerprint density at radius 1 is 1.67 bits per heavy atom. The van der Waals surface area contributed by atoms with Crippen LogP contribution >= 0.6 is 0 Å². The molecule has 0 bridgehead atoms. The summed E-state index contributed by atoms with van der Waals surface area (Å²) in [6.45, 7) is -0.271. The van der Waals surface area contributed by atoms with Crippen LogP contribution in [0.4, 0.5) is 8.78 Å². The molecule has 0 fully saturated rings. The van der Waals surface area contributed by atoms with Gasteiger partial charge in [-0.15, -0.1) is 0 Å². The summed E-state index contributed by atoms with van der Waals surface area (Å²) in [5.74, 6) is -1.39. The fraction of sp³-hybridized carbons (Fsp3) is 0.444. The third-order valence-corrected chi connectivity index (χ3v) is 1.83. The van der Waals surface area contributed by atoms with Gasteiger partial charge in [0, 0.05) is 12.1 Å². The molecule has 4 nitrogen and oxygen atoms in total. The summed E-state index contributed by atoms with van der Waals surface area (Å²) in [6.07, 6.45) is -1.20. The number of furan rings is 1. The lowest BCUT2D eigenvalue weighted by atomic mass is 10.2. The number of hydrogen-bond donors (Lipinski definition) is 1. The highest BCUT2D eigenvalue weighted by molar-refractivity contribution is 5.86. The van der Waals surface area contributed by atoms with Gasteiger partial charge in [0.15, 0.2) is 0 Å². The number of carboxylic acids is 1. The molecule has 1 N–H and O–H groups in total. The van der Waals surface area contributed by atoms with Gasteiger partial charge in [0.2, 0.25) is 5.76 Å². The van der Waals surface area contributed by atoms with Crippen LogP contribution in [0, 0.1) is 0 Å². The van der Waals surface area contributed by atoms with E-state index in [0.717, 1.165) is 0 Å². The van der Waals surface area contributed by atoms with Gasteiger partial charge in [0.1, 0.15) is 0 Å². The molecule has 84 valence electrons. The maximum absolute atomic E-state index is 12.0. The standard InChI is InChI=1S/C9H11F2NO3/c1-12(5-7(10)11)4-6-2-3-15-8(6)9(13)14/h2-3,7H,4-5H2,1H3,(H,13,14). The molecule has 0 amide bonds. The first-order chi connectivity index (χ1) is 7.00. The average molecular weight is 219 g/mol. The maximum Gasteiger partial charge on any atom is 0.372 e.